The van der Waals surface area contributed by atoms with Crippen molar-refractivity contribution in [3.63, 3.8) is 0 Å². The van der Waals surface area contributed by atoms with E-state index in [1.807, 2.05) is 18.2 Å². The maximum atomic E-state index is 10.8. The second kappa shape index (κ2) is 4.81. The fourth-order valence-electron chi connectivity index (χ4n) is 2.51. The summed E-state index contributed by atoms with van der Waals surface area (Å²) in [5.41, 5.74) is 3.37. The lowest BCUT2D eigenvalue weighted by molar-refractivity contribution is -0.384. The van der Waals surface area contributed by atoms with E-state index in [2.05, 4.69) is 29.7 Å². The molecule has 0 atom stereocenters. The van der Waals surface area contributed by atoms with E-state index in [0.717, 1.165) is 16.8 Å². The van der Waals surface area contributed by atoms with Crippen LogP contribution in [0.5, 0.6) is 0 Å². The number of nitro benzene ring substituents is 1. The van der Waals surface area contributed by atoms with Crippen molar-refractivity contribution in [3.05, 3.63) is 76.0 Å². The van der Waals surface area contributed by atoms with Crippen LogP contribution in [0.2, 0.25) is 0 Å². The molecular weight excluding hydrogens is 252 g/mol. The molecule has 0 aliphatic rings. The number of non-ortho nitro benzene ring substituents is 1. The van der Waals surface area contributed by atoms with Gasteiger partial charge in [-0.2, -0.15) is 0 Å². The van der Waals surface area contributed by atoms with Crippen LogP contribution < -0.4 is 0 Å². The van der Waals surface area contributed by atoms with E-state index in [0.29, 0.717) is 6.54 Å². The summed E-state index contributed by atoms with van der Waals surface area (Å²) in [5, 5.41) is 12.0. The van der Waals surface area contributed by atoms with Crippen LogP contribution in [0.1, 0.15) is 11.3 Å². The van der Waals surface area contributed by atoms with E-state index in [1.54, 1.807) is 12.1 Å². The van der Waals surface area contributed by atoms with Crippen LogP contribution in [-0.2, 0) is 6.54 Å². The Kier molecular flexibility index (Phi) is 2.99. The Morgan fingerprint density at radius 2 is 1.90 bits per heavy atom. The first kappa shape index (κ1) is 12.4. The quantitative estimate of drug-likeness (QED) is 0.533. The maximum absolute atomic E-state index is 10.8. The molecule has 0 unspecified atom stereocenters. The Balaban J connectivity index is 2.03. The monoisotopic (exact) mass is 266 g/mol. The minimum atomic E-state index is -0.357. The van der Waals surface area contributed by atoms with Gasteiger partial charge in [-0.15, -0.1) is 0 Å². The predicted molar refractivity (Wildman–Crippen MR) is 78.9 cm³/mol. The van der Waals surface area contributed by atoms with Gasteiger partial charge in [0.05, 0.1) is 4.92 Å². The third-order valence-corrected chi connectivity index (χ3v) is 3.48. The number of benzene rings is 2. The zero-order valence-electron chi connectivity index (χ0n) is 11.1. The molecule has 3 aromatic rings. The Bertz CT molecular complexity index is 790. The number of nitro groups is 1. The number of para-hydroxylation sites is 1. The first-order valence-electron chi connectivity index (χ1n) is 6.43. The Labute approximate surface area is 116 Å². The molecule has 2 aromatic carbocycles. The molecule has 0 aliphatic heterocycles. The van der Waals surface area contributed by atoms with E-state index in [9.17, 15) is 10.1 Å². The van der Waals surface area contributed by atoms with Crippen molar-refractivity contribution < 1.29 is 4.92 Å². The van der Waals surface area contributed by atoms with Gasteiger partial charge in [-0.3, -0.25) is 10.1 Å². The summed E-state index contributed by atoms with van der Waals surface area (Å²) in [6.45, 7) is 2.69. The van der Waals surface area contributed by atoms with Crippen molar-refractivity contribution in [1.82, 2.24) is 4.57 Å². The van der Waals surface area contributed by atoms with Crippen LogP contribution in [0, 0.1) is 17.0 Å². The maximum Gasteiger partial charge on any atom is 0.269 e. The smallest absolute Gasteiger partial charge is 0.269 e. The molecule has 4 nitrogen and oxygen atoms in total. The van der Waals surface area contributed by atoms with Crippen molar-refractivity contribution in [3.8, 4) is 0 Å². The van der Waals surface area contributed by atoms with Gasteiger partial charge in [-0.1, -0.05) is 30.3 Å². The molecule has 0 radical (unpaired) electrons. The lowest BCUT2D eigenvalue weighted by atomic mass is 10.2. The summed E-state index contributed by atoms with van der Waals surface area (Å²) >= 11 is 0. The van der Waals surface area contributed by atoms with Gasteiger partial charge in [0.25, 0.3) is 5.69 Å². The van der Waals surface area contributed by atoms with Gasteiger partial charge in [0.1, 0.15) is 0 Å². The highest BCUT2D eigenvalue weighted by Crippen LogP contribution is 2.22. The number of hydrogen-bond donors (Lipinski definition) is 0. The third-order valence-electron chi connectivity index (χ3n) is 3.48. The molecule has 100 valence electrons. The summed E-state index contributed by atoms with van der Waals surface area (Å²) in [6, 6.07) is 17.1. The summed E-state index contributed by atoms with van der Waals surface area (Å²) in [7, 11) is 0. The second-order valence-corrected chi connectivity index (χ2v) is 4.86. The normalized spacial score (nSPS) is 10.8. The summed E-state index contributed by atoms with van der Waals surface area (Å²) in [5.74, 6) is 0. The SMILES string of the molecule is Cc1cc2ccccc2n1Cc1cccc([N+](=O)[O-])c1. The fraction of sp³-hybridized carbons (Fsp3) is 0.125. The van der Waals surface area contributed by atoms with Crippen LogP contribution in [-0.4, -0.2) is 9.49 Å². The average molecular weight is 266 g/mol. The van der Waals surface area contributed by atoms with Crippen LogP contribution in [0.15, 0.2) is 54.6 Å². The summed E-state index contributed by atoms with van der Waals surface area (Å²) in [4.78, 5) is 10.5. The van der Waals surface area contributed by atoms with Crippen molar-refractivity contribution in [2.45, 2.75) is 13.5 Å². The molecule has 3 rings (SSSR count). The molecule has 0 saturated carbocycles. The van der Waals surface area contributed by atoms with Gasteiger partial charge in [-0.25, -0.2) is 0 Å². The number of nitrogens with zero attached hydrogens (tertiary/aromatic N) is 2. The Morgan fingerprint density at radius 3 is 2.70 bits per heavy atom. The molecular formula is C16H14N2O2. The highest BCUT2D eigenvalue weighted by Gasteiger charge is 2.09. The van der Waals surface area contributed by atoms with Gasteiger partial charge >= 0.3 is 0 Å². The van der Waals surface area contributed by atoms with Gasteiger partial charge in [-0.05, 0) is 30.0 Å². The van der Waals surface area contributed by atoms with E-state index < -0.39 is 0 Å². The van der Waals surface area contributed by atoms with Crippen molar-refractivity contribution >= 4 is 16.6 Å². The Hall–Kier alpha value is -2.62. The standard InChI is InChI=1S/C16H14N2O2/c1-12-9-14-6-2-3-8-16(14)17(12)11-13-5-4-7-15(10-13)18(19)20/h2-10H,11H2,1H3. The molecule has 0 saturated heterocycles. The van der Waals surface area contributed by atoms with E-state index >= 15 is 0 Å². The van der Waals surface area contributed by atoms with E-state index in [1.165, 1.54) is 11.5 Å². The van der Waals surface area contributed by atoms with Gasteiger partial charge in [0.15, 0.2) is 0 Å². The van der Waals surface area contributed by atoms with Crippen LogP contribution in [0.25, 0.3) is 10.9 Å². The zero-order valence-corrected chi connectivity index (χ0v) is 11.1. The van der Waals surface area contributed by atoms with Crippen LogP contribution in [0.4, 0.5) is 5.69 Å². The van der Waals surface area contributed by atoms with Crippen LogP contribution in [0.3, 0.4) is 0 Å². The van der Waals surface area contributed by atoms with E-state index in [4.69, 9.17) is 0 Å². The number of hydrogen-bond acceptors (Lipinski definition) is 2. The Morgan fingerprint density at radius 1 is 1.10 bits per heavy atom. The zero-order chi connectivity index (χ0) is 14.1. The topological polar surface area (TPSA) is 48.1 Å². The predicted octanol–water partition coefficient (Wildman–Crippen LogP) is 3.91. The van der Waals surface area contributed by atoms with Crippen molar-refractivity contribution in [2.75, 3.05) is 0 Å². The van der Waals surface area contributed by atoms with Gasteiger partial charge in [0.2, 0.25) is 0 Å². The molecule has 0 N–H and O–H groups in total. The highest BCUT2D eigenvalue weighted by molar-refractivity contribution is 5.81. The lowest BCUT2D eigenvalue weighted by Gasteiger charge is -2.08. The molecule has 1 aromatic heterocycles. The lowest BCUT2D eigenvalue weighted by Crippen LogP contribution is -2.01. The highest BCUT2D eigenvalue weighted by atomic mass is 16.6. The minimum Gasteiger partial charge on any atom is -0.340 e. The van der Waals surface area contributed by atoms with Crippen molar-refractivity contribution in [2.24, 2.45) is 0 Å². The first-order chi connectivity index (χ1) is 9.65. The molecule has 20 heavy (non-hydrogen) atoms. The summed E-state index contributed by atoms with van der Waals surface area (Å²) < 4.78 is 2.17. The molecule has 0 fully saturated rings. The molecule has 0 spiro atoms. The average Bonchev–Trinajstić information content (AvgIpc) is 2.76. The molecule has 0 aliphatic carbocycles. The number of rotatable bonds is 3. The number of fused-ring (bicyclic) bond motifs is 1. The molecule has 4 heteroatoms. The van der Waals surface area contributed by atoms with Gasteiger partial charge < -0.3 is 4.57 Å². The number of aromatic nitrogens is 1. The van der Waals surface area contributed by atoms with Gasteiger partial charge in [0, 0.05) is 29.9 Å². The van der Waals surface area contributed by atoms with Crippen molar-refractivity contribution in [1.29, 1.82) is 0 Å². The third kappa shape index (κ3) is 2.16. The molecule has 0 amide bonds. The number of aryl methyl sites for hydroxylation is 1. The minimum absolute atomic E-state index is 0.136. The van der Waals surface area contributed by atoms with E-state index in [-0.39, 0.29) is 10.6 Å². The first-order valence-corrected chi connectivity index (χ1v) is 6.43. The fourth-order valence-corrected chi connectivity index (χ4v) is 2.51. The van der Waals surface area contributed by atoms with Crippen LogP contribution >= 0.6 is 0 Å². The molecule has 0 bridgehead atoms. The largest absolute Gasteiger partial charge is 0.340 e. The molecule has 1 heterocycles. The second-order valence-electron chi connectivity index (χ2n) is 4.86. The summed E-state index contributed by atoms with van der Waals surface area (Å²) in [6.07, 6.45) is 0.